The molecule has 0 saturated heterocycles. The van der Waals surface area contributed by atoms with Crippen molar-refractivity contribution in [3.8, 4) is 0 Å². The van der Waals surface area contributed by atoms with Gasteiger partial charge in [-0.15, -0.1) is 0 Å². The fourth-order valence-corrected chi connectivity index (χ4v) is 2.17. The maximum Gasteiger partial charge on any atom is 0.138 e. The van der Waals surface area contributed by atoms with Crippen molar-refractivity contribution in [1.82, 2.24) is 9.38 Å². The highest BCUT2D eigenvalue weighted by Crippen LogP contribution is 2.20. The number of halogens is 2. The quantitative estimate of drug-likeness (QED) is 0.780. The predicted octanol–water partition coefficient (Wildman–Crippen LogP) is 3.30. The Morgan fingerprint density at radius 3 is 2.63 bits per heavy atom. The van der Waals surface area contributed by atoms with Gasteiger partial charge >= 0.3 is 0 Å². The maximum absolute atomic E-state index is 12.9. The summed E-state index contributed by atoms with van der Waals surface area (Å²) in [7, 11) is 0. The number of nitrogen functional groups attached to an aromatic ring is 1. The molecule has 0 spiro atoms. The summed E-state index contributed by atoms with van der Waals surface area (Å²) >= 11 is 5.93. The van der Waals surface area contributed by atoms with Gasteiger partial charge in [0.15, 0.2) is 0 Å². The molecule has 2 heterocycles. The van der Waals surface area contributed by atoms with Crippen molar-refractivity contribution in [3.63, 3.8) is 0 Å². The van der Waals surface area contributed by atoms with Crippen LogP contribution >= 0.6 is 11.6 Å². The van der Waals surface area contributed by atoms with E-state index in [0.717, 1.165) is 16.9 Å². The van der Waals surface area contributed by atoms with E-state index >= 15 is 0 Å². The molecule has 0 aliphatic rings. The molecule has 0 saturated carbocycles. The third kappa shape index (κ3) is 2.27. The molecule has 96 valence electrons. The molecule has 2 N–H and O–H groups in total. The van der Waals surface area contributed by atoms with Crippen molar-refractivity contribution in [2.45, 2.75) is 6.42 Å². The zero-order valence-electron chi connectivity index (χ0n) is 9.98. The molecule has 19 heavy (non-hydrogen) atoms. The number of rotatable bonds is 2. The minimum Gasteiger partial charge on any atom is -0.383 e. The molecule has 0 unspecified atom stereocenters. The topological polar surface area (TPSA) is 43.3 Å². The zero-order valence-corrected chi connectivity index (χ0v) is 10.7. The van der Waals surface area contributed by atoms with Crippen LogP contribution in [0.4, 0.5) is 10.2 Å². The van der Waals surface area contributed by atoms with E-state index in [2.05, 4.69) is 4.98 Å². The summed E-state index contributed by atoms with van der Waals surface area (Å²) in [6.07, 6.45) is 2.29. The van der Waals surface area contributed by atoms with Gasteiger partial charge in [0.1, 0.15) is 17.3 Å². The number of pyridine rings is 1. The highest BCUT2D eigenvalue weighted by Gasteiger charge is 2.10. The molecule has 0 atom stereocenters. The smallest absolute Gasteiger partial charge is 0.138 e. The van der Waals surface area contributed by atoms with Crippen LogP contribution in [0.25, 0.3) is 5.65 Å². The largest absolute Gasteiger partial charge is 0.383 e. The summed E-state index contributed by atoms with van der Waals surface area (Å²) in [5, 5.41) is 0.602. The lowest BCUT2D eigenvalue weighted by Crippen LogP contribution is -1.97. The SMILES string of the molecule is Nc1c(Cc2ccc(F)cc2)nc2ccc(Cl)cn12. The first-order valence-corrected chi connectivity index (χ1v) is 6.18. The summed E-state index contributed by atoms with van der Waals surface area (Å²) in [4.78, 5) is 4.46. The van der Waals surface area contributed by atoms with Gasteiger partial charge in [0.2, 0.25) is 0 Å². The van der Waals surface area contributed by atoms with Crippen LogP contribution in [-0.2, 0) is 6.42 Å². The number of imidazole rings is 1. The third-order valence-corrected chi connectivity index (χ3v) is 3.20. The van der Waals surface area contributed by atoms with Gasteiger partial charge in [0, 0.05) is 12.6 Å². The number of nitrogens with zero attached hydrogens (tertiary/aromatic N) is 2. The Hall–Kier alpha value is -2.07. The summed E-state index contributed by atoms with van der Waals surface area (Å²) in [5.41, 5.74) is 8.52. The highest BCUT2D eigenvalue weighted by atomic mass is 35.5. The number of aromatic nitrogens is 2. The van der Waals surface area contributed by atoms with Crippen molar-refractivity contribution in [2.75, 3.05) is 5.73 Å². The van der Waals surface area contributed by atoms with Crippen LogP contribution < -0.4 is 5.73 Å². The van der Waals surface area contributed by atoms with Gasteiger partial charge < -0.3 is 5.73 Å². The number of nitrogens with two attached hydrogens (primary N) is 1. The molecule has 0 bridgehead atoms. The number of anilines is 1. The lowest BCUT2D eigenvalue weighted by Gasteiger charge is -2.00. The average molecular weight is 276 g/mol. The van der Waals surface area contributed by atoms with Gasteiger partial charge in [-0.3, -0.25) is 4.40 Å². The molecular weight excluding hydrogens is 265 g/mol. The molecule has 0 radical (unpaired) electrons. The number of hydrogen-bond acceptors (Lipinski definition) is 2. The van der Waals surface area contributed by atoms with Gasteiger partial charge in [-0.05, 0) is 29.8 Å². The van der Waals surface area contributed by atoms with Crippen molar-refractivity contribution < 1.29 is 4.39 Å². The Morgan fingerprint density at radius 2 is 1.89 bits per heavy atom. The number of benzene rings is 1. The Labute approximate surface area is 114 Å². The van der Waals surface area contributed by atoms with Crippen molar-refractivity contribution in [2.24, 2.45) is 0 Å². The standard InChI is InChI=1S/C14H11ClFN3/c15-10-3-6-13-18-12(14(17)19(13)8-10)7-9-1-4-11(16)5-2-9/h1-6,8H,7,17H2. The Bertz CT molecular complexity index is 734. The fraction of sp³-hybridized carbons (Fsp3) is 0.0714. The van der Waals surface area contributed by atoms with Gasteiger partial charge in [-0.25, -0.2) is 9.37 Å². The molecule has 3 rings (SSSR count). The van der Waals surface area contributed by atoms with Crippen LogP contribution in [0.1, 0.15) is 11.3 Å². The molecular formula is C14H11ClFN3. The van der Waals surface area contributed by atoms with E-state index in [4.69, 9.17) is 17.3 Å². The summed E-state index contributed by atoms with van der Waals surface area (Å²) in [6.45, 7) is 0. The second-order valence-corrected chi connectivity index (χ2v) is 4.76. The van der Waals surface area contributed by atoms with Crippen molar-refractivity contribution in [3.05, 3.63) is 64.7 Å². The molecule has 3 aromatic rings. The lowest BCUT2D eigenvalue weighted by molar-refractivity contribution is 0.627. The van der Waals surface area contributed by atoms with E-state index in [1.807, 2.05) is 6.07 Å². The Balaban J connectivity index is 2.01. The van der Waals surface area contributed by atoms with Crippen molar-refractivity contribution >= 4 is 23.1 Å². The summed E-state index contributed by atoms with van der Waals surface area (Å²) in [5.74, 6) is 0.306. The third-order valence-electron chi connectivity index (χ3n) is 2.98. The Kier molecular flexibility index (Phi) is 2.87. The van der Waals surface area contributed by atoms with Gasteiger partial charge in [-0.2, -0.15) is 0 Å². The monoisotopic (exact) mass is 275 g/mol. The van der Waals surface area contributed by atoms with Crippen LogP contribution in [0, 0.1) is 5.82 Å². The number of fused-ring (bicyclic) bond motifs is 1. The minimum absolute atomic E-state index is 0.251. The van der Waals surface area contributed by atoms with Crippen LogP contribution in [0.2, 0.25) is 5.02 Å². The fourth-order valence-electron chi connectivity index (χ4n) is 2.01. The predicted molar refractivity (Wildman–Crippen MR) is 73.8 cm³/mol. The van der Waals surface area contributed by atoms with E-state index in [1.54, 1.807) is 28.8 Å². The van der Waals surface area contributed by atoms with Gasteiger partial charge in [0.05, 0.1) is 10.7 Å². The van der Waals surface area contributed by atoms with Gasteiger partial charge in [0.25, 0.3) is 0 Å². The molecule has 1 aromatic carbocycles. The first-order chi connectivity index (χ1) is 9.13. The molecule has 3 nitrogen and oxygen atoms in total. The minimum atomic E-state index is -0.251. The first kappa shape index (κ1) is 12.0. The Morgan fingerprint density at radius 1 is 1.16 bits per heavy atom. The molecule has 0 fully saturated rings. The molecule has 0 aliphatic carbocycles. The second-order valence-electron chi connectivity index (χ2n) is 4.32. The van der Waals surface area contributed by atoms with Crippen LogP contribution in [0.15, 0.2) is 42.6 Å². The van der Waals surface area contributed by atoms with Crippen LogP contribution in [-0.4, -0.2) is 9.38 Å². The lowest BCUT2D eigenvalue weighted by atomic mass is 10.1. The second kappa shape index (κ2) is 4.55. The summed E-state index contributed by atoms with van der Waals surface area (Å²) in [6, 6.07) is 9.89. The molecule has 5 heteroatoms. The molecule has 0 aliphatic heterocycles. The van der Waals surface area contributed by atoms with E-state index in [-0.39, 0.29) is 5.82 Å². The van der Waals surface area contributed by atoms with E-state index in [0.29, 0.717) is 17.3 Å². The normalized spacial score (nSPS) is 11.1. The summed E-state index contributed by atoms with van der Waals surface area (Å²) < 4.78 is 14.6. The van der Waals surface area contributed by atoms with E-state index < -0.39 is 0 Å². The van der Waals surface area contributed by atoms with E-state index in [9.17, 15) is 4.39 Å². The van der Waals surface area contributed by atoms with E-state index in [1.165, 1.54) is 12.1 Å². The molecule has 0 amide bonds. The van der Waals surface area contributed by atoms with Crippen molar-refractivity contribution in [1.29, 1.82) is 0 Å². The molecule has 2 aromatic heterocycles. The van der Waals surface area contributed by atoms with Crippen LogP contribution in [0.3, 0.4) is 0 Å². The zero-order chi connectivity index (χ0) is 13.4. The average Bonchev–Trinajstić information content (AvgIpc) is 2.70. The first-order valence-electron chi connectivity index (χ1n) is 5.80. The maximum atomic E-state index is 12.9. The number of hydrogen-bond donors (Lipinski definition) is 1. The highest BCUT2D eigenvalue weighted by molar-refractivity contribution is 6.30. The van der Waals surface area contributed by atoms with Crippen LogP contribution in [0.5, 0.6) is 0 Å². The van der Waals surface area contributed by atoms with Gasteiger partial charge in [-0.1, -0.05) is 23.7 Å².